The van der Waals surface area contributed by atoms with Gasteiger partial charge in [-0.1, -0.05) is 74.9 Å². The third-order valence-corrected chi connectivity index (χ3v) is 6.63. The first-order chi connectivity index (χ1) is 17.2. The first-order valence-electron chi connectivity index (χ1n) is 11.9. The van der Waals surface area contributed by atoms with Crippen molar-refractivity contribution < 1.29 is 0 Å². The van der Waals surface area contributed by atoms with Crippen LogP contribution in [0.4, 0.5) is 0 Å². The molecule has 0 aliphatic heterocycles. The van der Waals surface area contributed by atoms with Crippen LogP contribution in [0, 0.1) is 6.92 Å². The zero-order valence-electron chi connectivity index (χ0n) is 20.8. The number of hydrogen-bond acceptors (Lipinski definition) is 6. The molecule has 36 heavy (non-hydrogen) atoms. The van der Waals surface area contributed by atoms with E-state index in [0.717, 1.165) is 16.0 Å². The smallest absolute Gasteiger partial charge is 0.267 e. The predicted octanol–water partition coefficient (Wildman–Crippen LogP) is 5.35. The molecular weight excluding hydrogens is 468 g/mol. The largest absolute Gasteiger partial charge is 0.275 e. The van der Waals surface area contributed by atoms with Gasteiger partial charge in [0.1, 0.15) is 18.1 Å². The van der Waals surface area contributed by atoms with Gasteiger partial charge in [-0.25, -0.2) is 19.3 Å². The van der Waals surface area contributed by atoms with Crippen molar-refractivity contribution in [2.24, 2.45) is 0 Å². The van der Waals surface area contributed by atoms with E-state index >= 15 is 0 Å². The highest BCUT2D eigenvalue weighted by Crippen LogP contribution is 2.31. The number of thioether (sulfide) groups is 1. The van der Waals surface area contributed by atoms with E-state index in [1.165, 1.54) is 10.2 Å². The Labute approximate surface area is 214 Å². The Morgan fingerprint density at radius 2 is 1.69 bits per heavy atom. The van der Waals surface area contributed by atoms with E-state index in [0.29, 0.717) is 29.3 Å². The summed E-state index contributed by atoms with van der Waals surface area (Å²) >= 11 is 1.70. The van der Waals surface area contributed by atoms with Gasteiger partial charge in [0, 0.05) is 10.1 Å². The molecule has 8 heteroatoms. The highest BCUT2D eigenvalue weighted by Gasteiger charge is 2.18. The molecule has 182 valence electrons. The molecule has 0 fully saturated rings. The van der Waals surface area contributed by atoms with E-state index in [-0.39, 0.29) is 16.9 Å². The fraction of sp³-hybridized carbons (Fsp3) is 0.250. The Morgan fingerprint density at radius 1 is 0.889 bits per heavy atom. The average Bonchev–Trinajstić information content (AvgIpc) is 3.22. The van der Waals surface area contributed by atoms with Gasteiger partial charge in [0.2, 0.25) is 0 Å². The van der Waals surface area contributed by atoms with E-state index < -0.39 is 0 Å². The molecule has 0 bridgehead atoms. The molecule has 5 rings (SSSR count). The van der Waals surface area contributed by atoms with Gasteiger partial charge in [0.05, 0.1) is 23.2 Å². The number of nitrogens with zero attached hydrogens (tertiary/aromatic N) is 6. The molecule has 0 atom stereocenters. The van der Waals surface area contributed by atoms with E-state index in [1.54, 1.807) is 18.0 Å². The first kappa shape index (κ1) is 23.9. The number of aryl methyl sites for hydroxylation is 1. The predicted molar refractivity (Wildman–Crippen MR) is 144 cm³/mol. The Balaban J connectivity index is 1.55. The Hall–Kier alpha value is -3.78. The summed E-state index contributed by atoms with van der Waals surface area (Å²) in [5.41, 5.74) is 2.83. The Kier molecular flexibility index (Phi) is 6.45. The lowest BCUT2D eigenvalue weighted by Gasteiger charge is -2.16. The minimum absolute atomic E-state index is 0.0393. The van der Waals surface area contributed by atoms with Gasteiger partial charge >= 0.3 is 0 Å². The van der Waals surface area contributed by atoms with Crippen molar-refractivity contribution >= 4 is 22.5 Å². The summed E-state index contributed by atoms with van der Waals surface area (Å²) in [5, 5.41) is 11.6. The molecule has 0 amide bonds. The molecule has 0 radical (unpaired) electrons. The summed E-state index contributed by atoms with van der Waals surface area (Å²) in [5.74, 6) is 1.18. The van der Waals surface area contributed by atoms with Gasteiger partial charge in [0.25, 0.3) is 5.56 Å². The SMILES string of the molecule is Cc1cccc(Cn2nc(-c3cccc(SC(C)(C)C)n3)nc2Cn2ncc3ccccc3c2=O)c1. The maximum absolute atomic E-state index is 13.1. The molecule has 3 heterocycles. The number of fused-ring (bicyclic) bond motifs is 1. The van der Waals surface area contributed by atoms with Crippen LogP contribution >= 0.6 is 11.8 Å². The van der Waals surface area contributed by atoms with E-state index in [4.69, 9.17) is 15.1 Å². The normalized spacial score (nSPS) is 11.8. The number of rotatable bonds is 6. The molecule has 7 nitrogen and oxygen atoms in total. The van der Waals surface area contributed by atoms with Gasteiger partial charge < -0.3 is 0 Å². The van der Waals surface area contributed by atoms with Crippen molar-refractivity contribution in [1.29, 1.82) is 0 Å². The molecule has 0 spiro atoms. The Morgan fingerprint density at radius 3 is 2.50 bits per heavy atom. The number of benzene rings is 2. The van der Waals surface area contributed by atoms with Gasteiger partial charge in [-0.2, -0.15) is 5.10 Å². The van der Waals surface area contributed by atoms with Crippen LogP contribution in [0.25, 0.3) is 22.3 Å². The van der Waals surface area contributed by atoms with Crippen LogP contribution in [0.5, 0.6) is 0 Å². The topological polar surface area (TPSA) is 78.5 Å². The molecule has 0 saturated carbocycles. The highest BCUT2D eigenvalue weighted by molar-refractivity contribution is 8.00. The first-order valence-corrected chi connectivity index (χ1v) is 12.7. The van der Waals surface area contributed by atoms with Crippen LogP contribution in [-0.4, -0.2) is 34.3 Å². The minimum Gasteiger partial charge on any atom is -0.267 e. The summed E-state index contributed by atoms with van der Waals surface area (Å²) in [6.45, 7) is 9.29. The second-order valence-corrected chi connectivity index (χ2v) is 11.6. The average molecular weight is 497 g/mol. The van der Waals surface area contributed by atoms with Crippen LogP contribution in [-0.2, 0) is 13.1 Å². The molecule has 3 aromatic heterocycles. The molecule has 2 aromatic carbocycles. The van der Waals surface area contributed by atoms with Gasteiger partial charge in [-0.3, -0.25) is 4.79 Å². The fourth-order valence-corrected chi connectivity index (χ4v) is 4.91. The third-order valence-electron chi connectivity index (χ3n) is 5.58. The van der Waals surface area contributed by atoms with Crippen molar-refractivity contribution in [2.75, 3.05) is 0 Å². The van der Waals surface area contributed by atoms with Crippen molar-refractivity contribution in [3.63, 3.8) is 0 Å². The maximum Gasteiger partial charge on any atom is 0.275 e. The number of pyridine rings is 1. The van der Waals surface area contributed by atoms with E-state index in [2.05, 4.69) is 51.0 Å². The summed E-state index contributed by atoms with van der Waals surface area (Å²) in [6, 6.07) is 21.7. The molecule has 0 unspecified atom stereocenters. The van der Waals surface area contributed by atoms with Crippen molar-refractivity contribution in [3.05, 3.63) is 100 Å². The minimum atomic E-state index is -0.151. The number of aromatic nitrogens is 6. The van der Waals surface area contributed by atoms with Gasteiger partial charge in [-0.05, 0) is 30.7 Å². The lowest BCUT2D eigenvalue weighted by atomic mass is 10.1. The zero-order chi connectivity index (χ0) is 25.3. The summed E-state index contributed by atoms with van der Waals surface area (Å²) in [4.78, 5) is 22.8. The third kappa shape index (κ3) is 5.39. The Bertz CT molecular complexity index is 1600. The fourth-order valence-electron chi connectivity index (χ4n) is 3.99. The molecule has 0 saturated heterocycles. The van der Waals surface area contributed by atoms with Crippen LogP contribution in [0.2, 0.25) is 0 Å². The second-order valence-electron chi connectivity index (χ2n) is 9.77. The highest BCUT2D eigenvalue weighted by atomic mass is 32.2. The lowest BCUT2D eigenvalue weighted by Crippen LogP contribution is -2.25. The van der Waals surface area contributed by atoms with Crippen molar-refractivity contribution in [1.82, 2.24) is 29.5 Å². The zero-order valence-corrected chi connectivity index (χ0v) is 21.7. The maximum atomic E-state index is 13.1. The van der Waals surface area contributed by atoms with E-state index in [1.807, 2.05) is 53.2 Å². The van der Waals surface area contributed by atoms with Crippen LogP contribution in [0.1, 0.15) is 37.7 Å². The van der Waals surface area contributed by atoms with Gasteiger partial charge in [-0.15, -0.1) is 16.9 Å². The standard InChI is InChI=1S/C28H28N6OS/c1-19-9-7-10-20(15-19)17-33-24(18-34-27(35)22-12-6-5-11-21(22)16-29-34)31-26(32-33)23-13-8-14-25(30-23)36-28(2,3)4/h5-16H,17-18H2,1-4H3. The molecule has 0 aliphatic rings. The molecule has 5 aromatic rings. The molecule has 0 aliphatic carbocycles. The molecular formula is C28H28N6OS. The summed E-state index contributed by atoms with van der Waals surface area (Å²) in [7, 11) is 0. The van der Waals surface area contributed by atoms with Gasteiger partial charge in [0.15, 0.2) is 5.82 Å². The second kappa shape index (κ2) is 9.70. The quantitative estimate of drug-likeness (QED) is 0.295. The summed E-state index contributed by atoms with van der Waals surface area (Å²) < 4.78 is 3.33. The van der Waals surface area contributed by atoms with Crippen LogP contribution in [0.3, 0.4) is 0 Å². The molecule has 0 N–H and O–H groups in total. The summed E-state index contributed by atoms with van der Waals surface area (Å²) in [6.07, 6.45) is 1.72. The monoisotopic (exact) mass is 496 g/mol. The van der Waals surface area contributed by atoms with Crippen molar-refractivity contribution in [2.45, 2.75) is 50.6 Å². The van der Waals surface area contributed by atoms with Crippen LogP contribution < -0.4 is 5.56 Å². The lowest BCUT2D eigenvalue weighted by molar-refractivity contribution is 0.564. The van der Waals surface area contributed by atoms with E-state index in [9.17, 15) is 4.79 Å². The number of hydrogen-bond donors (Lipinski definition) is 0. The van der Waals surface area contributed by atoms with Crippen molar-refractivity contribution in [3.8, 4) is 11.5 Å². The van der Waals surface area contributed by atoms with Crippen LogP contribution in [0.15, 0.2) is 82.7 Å².